The number of hydrogen-bond donors (Lipinski definition) is 3. The van der Waals surface area contributed by atoms with E-state index in [9.17, 15) is 59.4 Å². The molecule has 4 amide bonds. The Kier molecular flexibility index (Phi) is 16.3. The van der Waals surface area contributed by atoms with Crippen LogP contribution in [0, 0.1) is 48.1 Å². The number of nitrogens with zero attached hydrogens (tertiary/aromatic N) is 7. The molecule has 0 unspecified atom stereocenters. The summed E-state index contributed by atoms with van der Waals surface area (Å²) in [6.07, 6.45) is -1.37. The number of likely N-dealkylation sites (N-methyl/N-ethyl adjacent to an activating group) is 1. The standard InChI is InChI=1S/C46H51N9O15S/c1-26-38-37(27(2)56)42(58)52(38)39(43(59)68-23-29-4-10-32(11-5-29)53(62)63)40(26)71-35-20-36(50(3)22-35)41(57)51-19-17-28(21-51)16-18-47-44(48-45(60)69-24-30-6-12-33(13-7-30)54(64)65)49-46(61)70-25-31-8-14-34(15-9-31)55(66)67/h4-15,26-28,35-38,56H,16-25H2,1-3H3,(H2,47,48,49,60,61)/t26-,27-,28+,35+,36+,37-,38-/m1/s1. The van der Waals surface area contributed by atoms with E-state index in [1.165, 1.54) is 96.4 Å². The highest BCUT2D eigenvalue weighted by molar-refractivity contribution is 8.03. The van der Waals surface area contributed by atoms with E-state index >= 15 is 0 Å². The van der Waals surface area contributed by atoms with Gasteiger partial charge in [-0.05, 0) is 92.2 Å². The van der Waals surface area contributed by atoms with Crippen molar-refractivity contribution in [1.82, 2.24) is 25.3 Å². The Balaban J connectivity index is 0.948. The first-order valence-corrected chi connectivity index (χ1v) is 23.5. The topological polar surface area (TPSA) is 309 Å². The summed E-state index contributed by atoms with van der Waals surface area (Å²) < 4.78 is 16.1. The van der Waals surface area contributed by atoms with Gasteiger partial charge < -0.3 is 29.1 Å². The number of carbonyl (C=O) groups is 5. The second kappa shape index (κ2) is 22.5. The number of nitro groups is 3. The first-order valence-electron chi connectivity index (χ1n) is 22.6. The SMILES string of the molecule is C[C@@H](O)[C@H]1C(=O)N2C(C(=O)OCc3ccc([N+](=O)[O-])cc3)=C(S[C@H]3C[C@@H](C(=O)N4CC[C@H](CCN=C(NC(=O)OCc5ccc([N+](=O)[O-])cc5)NC(=O)OCc5ccc([N+](=O)[O-])cc5)C4)N(C)C3)[C@H](C)[C@H]12. The molecule has 0 saturated carbocycles. The Hall–Kier alpha value is -7.51. The molecule has 3 aromatic rings. The number of thioether (sulfide) groups is 1. The highest BCUT2D eigenvalue weighted by atomic mass is 32.2. The molecule has 0 aliphatic carbocycles. The predicted octanol–water partition coefficient (Wildman–Crippen LogP) is 4.78. The van der Waals surface area contributed by atoms with Gasteiger partial charge in [-0.3, -0.25) is 60.5 Å². The number of guanidine groups is 1. The number of likely N-dealkylation sites (tertiary alicyclic amines) is 2. The van der Waals surface area contributed by atoms with Crippen LogP contribution in [-0.4, -0.2) is 127 Å². The van der Waals surface area contributed by atoms with Crippen LogP contribution in [0.3, 0.4) is 0 Å². The zero-order valence-electron chi connectivity index (χ0n) is 38.7. The monoisotopic (exact) mass is 1000 g/mol. The summed E-state index contributed by atoms with van der Waals surface area (Å²) in [5.74, 6) is -2.49. The number of hydrogen-bond acceptors (Lipinski definition) is 18. The molecule has 4 aliphatic rings. The number of esters is 1. The van der Waals surface area contributed by atoms with Gasteiger partial charge in [0.2, 0.25) is 17.8 Å². The summed E-state index contributed by atoms with van der Waals surface area (Å²) in [5.41, 5.74) is 1.14. The van der Waals surface area contributed by atoms with Crippen LogP contribution < -0.4 is 10.6 Å². The highest BCUT2D eigenvalue weighted by Gasteiger charge is 2.60. The summed E-state index contributed by atoms with van der Waals surface area (Å²) >= 11 is 1.42. The van der Waals surface area contributed by atoms with Gasteiger partial charge in [0, 0.05) is 78.7 Å². The van der Waals surface area contributed by atoms with Crippen molar-refractivity contribution in [3.05, 3.63) is 130 Å². The normalized spacial score (nSPS) is 21.9. The fraction of sp³-hybridized carbons (Fsp3) is 0.435. The molecule has 0 bridgehead atoms. The van der Waals surface area contributed by atoms with Crippen LogP contribution in [0.15, 0.2) is 88.4 Å². The molecule has 7 atom stereocenters. The number of non-ortho nitro benzene ring substituents is 3. The number of carbonyl (C=O) groups excluding carboxylic acids is 5. The Labute approximate surface area is 409 Å². The number of aliphatic imine (C=N–C) groups is 1. The number of aliphatic hydroxyl groups is 1. The molecule has 71 heavy (non-hydrogen) atoms. The van der Waals surface area contributed by atoms with Crippen LogP contribution in [0.4, 0.5) is 26.7 Å². The van der Waals surface area contributed by atoms with Crippen molar-refractivity contribution in [1.29, 1.82) is 0 Å². The zero-order chi connectivity index (χ0) is 51.1. The number of amides is 4. The van der Waals surface area contributed by atoms with E-state index in [1.54, 1.807) is 4.90 Å². The summed E-state index contributed by atoms with van der Waals surface area (Å²) in [4.78, 5) is 108. The lowest BCUT2D eigenvalue weighted by molar-refractivity contribution is -0.385. The van der Waals surface area contributed by atoms with Crippen molar-refractivity contribution in [3.63, 3.8) is 0 Å². The molecule has 0 aromatic heterocycles. The quantitative estimate of drug-likeness (QED) is 0.0312. The largest absolute Gasteiger partial charge is 0.456 e. The average molecular weight is 1000 g/mol. The summed E-state index contributed by atoms with van der Waals surface area (Å²) in [6, 6.07) is 15.4. The number of ether oxygens (including phenoxy) is 3. The van der Waals surface area contributed by atoms with Gasteiger partial charge in [0.15, 0.2) is 0 Å². The van der Waals surface area contributed by atoms with Crippen molar-refractivity contribution in [2.75, 3.05) is 33.2 Å². The molecule has 3 fully saturated rings. The molecular weight excluding hydrogens is 951 g/mol. The van der Waals surface area contributed by atoms with Gasteiger partial charge in [0.05, 0.1) is 38.9 Å². The molecule has 25 heteroatoms. The molecule has 0 radical (unpaired) electrons. The minimum Gasteiger partial charge on any atom is -0.456 e. The fourth-order valence-corrected chi connectivity index (χ4v) is 10.6. The van der Waals surface area contributed by atoms with Crippen molar-refractivity contribution in [3.8, 4) is 0 Å². The van der Waals surface area contributed by atoms with Crippen molar-refractivity contribution < 1.29 is 58.1 Å². The Morgan fingerprint density at radius 2 is 1.30 bits per heavy atom. The maximum absolute atomic E-state index is 14.1. The second-order valence-electron chi connectivity index (χ2n) is 17.6. The fourth-order valence-electron chi connectivity index (χ4n) is 9.05. The molecule has 3 N–H and O–H groups in total. The van der Waals surface area contributed by atoms with Crippen molar-refractivity contribution in [2.24, 2.45) is 22.7 Å². The van der Waals surface area contributed by atoms with Gasteiger partial charge in [-0.15, -0.1) is 11.8 Å². The molecule has 4 aliphatic heterocycles. The van der Waals surface area contributed by atoms with E-state index in [2.05, 4.69) is 15.6 Å². The van der Waals surface area contributed by atoms with Crippen LogP contribution in [-0.2, 0) is 48.4 Å². The van der Waals surface area contributed by atoms with Crippen LogP contribution in [0.2, 0.25) is 0 Å². The molecular formula is C46H51N9O15S. The first-order chi connectivity index (χ1) is 33.9. The Bertz CT molecular complexity index is 2540. The molecule has 7 rings (SSSR count). The lowest BCUT2D eigenvalue weighted by Gasteiger charge is -2.46. The van der Waals surface area contributed by atoms with Gasteiger partial charge >= 0.3 is 18.2 Å². The lowest BCUT2D eigenvalue weighted by Crippen LogP contribution is -2.63. The van der Waals surface area contributed by atoms with E-state index in [-0.39, 0.29) is 84.0 Å². The number of rotatable bonds is 17. The third kappa shape index (κ3) is 12.3. The molecule has 3 saturated heterocycles. The van der Waals surface area contributed by atoms with Crippen molar-refractivity contribution in [2.45, 2.75) is 76.4 Å². The first kappa shape index (κ1) is 51.3. The van der Waals surface area contributed by atoms with Crippen LogP contribution in [0.5, 0.6) is 0 Å². The molecule has 3 aromatic carbocycles. The summed E-state index contributed by atoms with van der Waals surface area (Å²) in [5, 5.41) is 48.2. The number of nitrogens with one attached hydrogen (secondary N) is 2. The lowest BCUT2D eigenvalue weighted by atomic mass is 9.79. The van der Waals surface area contributed by atoms with E-state index in [0.717, 1.165) is 0 Å². The van der Waals surface area contributed by atoms with Gasteiger partial charge in [-0.1, -0.05) is 6.92 Å². The summed E-state index contributed by atoms with van der Waals surface area (Å²) in [7, 11) is 1.85. The summed E-state index contributed by atoms with van der Waals surface area (Å²) in [6.45, 7) is 4.25. The minimum atomic E-state index is -0.996. The van der Waals surface area contributed by atoms with Gasteiger partial charge in [0.1, 0.15) is 25.5 Å². The third-order valence-electron chi connectivity index (χ3n) is 12.8. The smallest absolute Gasteiger partial charge is 0.414 e. The van der Waals surface area contributed by atoms with E-state index < -0.39 is 57.0 Å². The maximum Gasteiger partial charge on any atom is 0.414 e. The number of alkyl carbamates (subject to hydrolysis) is 2. The molecule has 0 spiro atoms. The number of β-lactam (4-membered cyclic amide) rings is 1. The molecule has 4 heterocycles. The number of fused-ring (bicyclic) bond motifs is 1. The van der Waals surface area contributed by atoms with E-state index in [1.807, 2.05) is 18.9 Å². The zero-order valence-corrected chi connectivity index (χ0v) is 39.6. The molecule has 376 valence electrons. The Morgan fingerprint density at radius 3 is 1.77 bits per heavy atom. The van der Waals surface area contributed by atoms with Crippen LogP contribution in [0.1, 0.15) is 49.8 Å². The average Bonchev–Trinajstić information content (AvgIpc) is 4.03. The van der Waals surface area contributed by atoms with E-state index in [0.29, 0.717) is 60.5 Å². The highest BCUT2D eigenvalue weighted by Crippen LogP contribution is 2.52. The number of nitro benzene ring substituents is 3. The minimum absolute atomic E-state index is 0.0111. The number of benzene rings is 3. The van der Waals surface area contributed by atoms with Crippen LogP contribution in [0.25, 0.3) is 0 Å². The van der Waals surface area contributed by atoms with E-state index in [4.69, 9.17) is 14.2 Å². The van der Waals surface area contributed by atoms with Gasteiger partial charge in [-0.25, -0.2) is 14.4 Å². The maximum atomic E-state index is 14.1. The van der Waals surface area contributed by atoms with Gasteiger partial charge in [-0.2, -0.15) is 0 Å². The third-order valence-corrected chi connectivity index (χ3v) is 14.3. The van der Waals surface area contributed by atoms with Crippen LogP contribution >= 0.6 is 11.8 Å². The molecule has 24 nitrogen and oxygen atoms in total. The second-order valence-corrected chi connectivity index (χ2v) is 18.9. The van der Waals surface area contributed by atoms with Gasteiger partial charge in [0.25, 0.3) is 17.1 Å². The Morgan fingerprint density at radius 1 is 0.803 bits per heavy atom. The van der Waals surface area contributed by atoms with Crippen molar-refractivity contribution >= 4 is 64.8 Å². The predicted molar refractivity (Wildman–Crippen MR) is 252 cm³/mol. The number of aliphatic hydroxyl groups excluding tert-OH is 1.